The van der Waals surface area contributed by atoms with Crippen molar-refractivity contribution < 1.29 is 29.0 Å². The summed E-state index contributed by atoms with van der Waals surface area (Å²) in [6, 6.07) is 4.85. The fourth-order valence-corrected chi connectivity index (χ4v) is 3.06. The number of thioether (sulfide) groups is 1. The zero-order chi connectivity index (χ0) is 18.4. The van der Waals surface area contributed by atoms with Gasteiger partial charge in [-0.25, -0.2) is 4.79 Å². The molecule has 0 atom stereocenters. The van der Waals surface area contributed by atoms with Gasteiger partial charge in [-0.05, 0) is 42.0 Å². The van der Waals surface area contributed by atoms with Crippen molar-refractivity contribution in [1.82, 2.24) is 4.90 Å². The van der Waals surface area contributed by atoms with E-state index in [9.17, 15) is 14.4 Å². The number of nitrogens with zero attached hydrogens (tertiary/aromatic N) is 1. The Labute approximate surface area is 149 Å². The molecule has 8 heteroatoms. The van der Waals surface area contributed by atoms with Crippen molar-refractivity contribution in [2.75, 3.05) is 20.3 Å². The lowest BCUT2D eigenvalue weighted by Crippen LogP contribution is -2.29. The number of amides is 2. The number of ether oxygens (including phenoxy) is 2. The second-order valence-corrected chi connectivity index (χ2v) is 6.27. The van der Waals surface area contributed by atoms with Gasteiger partial charge in [-0.1, -0.05) is 19.4 Å². The lowest BCUT2D eigenvalue weighted by Gasteiger charge is -2.11. The minimum Gasteiger partial charge on any atom is -0.493 e. The zero-order valence-corrected chi connectivity index (χ0v) is 14.8. The highest BCUT2D eigenvalue weighted by atomic mass is 32.2. The molecule has 1 aromatic carbocycles. The van der Waals surface area contributed by atoms with Crippen molar-refractivity contribution in [3.05, 3.63) is 28.7 Å². The van der Waals surface area contributed by atoms with Crippen LogP contribution in [0.1, 0.15) is 25.3 Å². The van der Waals surface area contributed by atoms with Gasteiger partial charge in [0.1, 0.15) is 0 Å². The predicted octanol–water partition coefficient (Wildman–Crippen LogP) is 3.00. The maximum atomic E-state index is 12.3. The number of carboxylic acid groups (broad SMARTS) is 1. The van der Waals surface area contributed by atoms with E-state index in [0.29, 0.717) is 22.8 Å². The van der Waals surface area contributed by atoms with E-state index < -0.39 is 12.6 Å². The summed E-state index contributed by atoms with van der Waals surface area (Å²) < 4.78 is 10.3. The smallest absolute Gasteiger partial charge is 0.341 e. The van der Waals surface area contributed by atoms with Gasteiger partial charge in [0.25, 0.3) is 11.1 Å². The Bertz CT molecular complexity index is 715. The third kappa shape index (κ3) is 4.76. The van der Waals surface area contributed by atoms with Crippen LogP contribution < -0.4 is 9.47 Å². The summed E-state index contributed by atoms with van der Waals surface area (Å²) in [6.07, 6.45) is 3.28. The molecule has 2 amide bonds. The van der Waals surface area contributed by atoms with E-state index in [-0.39, 0.29) is 16.9 Å². The summed E-state index contributed by atoms with van der Waals surface area (Å²) >= 11 is 0.908. The van der Waals surface area contributed by atoms with Crippen molar-refractivity contribution in [3.63, 3.8) is 0 Å². The molecule has 0 radical (unpaired) electrons. The van der Waals surface area contributed by atoms with Crippen LogP contribution in [-0.2, 0) is 9.59 Å². The average molecular weight is 365 g/mol. The molecule has 1 aliphatic heterocycles. The van der Waals surface area contributed by atoms with Crippen LogP contribution in [-0.4, -0.2) is 47.4 Å². The van der Waals surface area contributed by atoms with Gasteiger partial charge in [0, 0.05) is 6.54 Å². The number of carbonyl (C=O) groups is 3. The van der Waals surface area contributed by atoms with E-state index in [1.54, 1.807) is 24.3 Å². The number of carboxylic acids is 1. The number of carbonyl (C=O) groups excluding carboxylic acids is 2. The fraction of sp³-hybridized carbons (Fsp3) is 0.353. The lowest BCUT2D eigenvalue weighted by atomic mass is 10.2. The van der Waals surface area contributed by atoms with Gasteiger partial charge in [-0.3, -0.25) is 14.5 Å². The second-order valence-electron chi connectivity index (χ2n) is 5.28. The van der Waals surface area contributed by atoms with Crippen LogP contribution in [0.25, 0.3) is 6.08 Å². The minimum atomic E-state index is -1.09. The summed E-state index contributed by atoms with van der Waals surface area (Å²) in [7, 11) is 1.44. The van der Waals surface area contributed by atoms with Gasteiger partial charge >= 0.3 is 5.97 Å². The molecule has 1 heterocycles. The molecular formula is C17H19NO6S. The van der Waals surface area contributed by atoms with Gasteiger partial charge in [-0.15, -0.1) is 0 Å². The molecule has 0 aromatic heterocycles. The molecule has 0 unspecified atom stereocenters. The predicted molar refractivity (Wildman–Crippen MR) is 93.7 cm³/mol. The van der Waals surface area contributed by atoms with Crippen LogP contribution in [0.4, 0.5) is 4.79 Å². The Hall–Kier alpha value is -2.48. The van der Waals surface area contributed by atoms with Crippen molar-refractivity contribution >= 4 is 35.0 Å². The number of imide groups is 1. The first-order valence-electron chi connectivity index (χ1n) is 7.74. The molecule has 1 fully saturated rings. The molecule has 1 saturated heterocycles. The van der Waals surface area contributed by atoms with Crippen LogP contribution in [0.5, 0.6) is 11.5 Å². The molecule has 1 aliphatic rings. The quantitative estimate of drug-likeness (QED) is 0.708. The van der Waals surface area contributed by atoms with Crippen LogP contribution in [0, 0.1) is 0 Å². The third-order valence-corrected chi connectivity index (χ3v) is 4.35. The maximum absolute atomic E-state index is 12.3. The van der Waals surface area contributed by atoms with Gasteiger partial charge in [0.05, 0.1) is 12.0 Å². The van der Waals surface area contributed by atoms with E-state index in [1.807, 2.05) is 6.92 Å². The number of unbranched alkanes of at least 4 members (excludes halogenated alkanes) is 1. The first kappa shape index (κ1) is 18.9. The number of hydrogen-bond acceptors (Lipinski definition) is 6. The summed E-state index contributed by atoms with van der Waals surface area (Å²) in [6.45, 7) is 1.94. The lowest BCUT2D eigenvalue weighted by molar-refractivity contribution is -0.139. The standard InChI is InChI=1S/C17H19NO6S/c1-3-4-7-18-16(21)14(25-17(18)22)9-11-5-6-12(13(8-11)23-2)24-10-15(19)20/h5-6,8-9H,3-4,7,10H2,1-2H3,(H,19,20). The fourth-order valence-electron chi connectivity index (χ4n) is 2.19. The number of benzene rings is 1. The monoisotopic (exact) mass is 365 g/mol. The number of rotatable bonds is 8. The molecule has 0 spiro atoms. The second kappa shape index (κ2) is 8.57. The molecular weight excluding hydrogens is 346 g/mol. The van der Waals surface area contributed by atoms with Crippen molar-refractivity contribution in [2.24, 2.45) is 0 Å². The van der Waals surface area contributed by atoms with Crippen LogP contribution in [0.15, 0.2) is 23.1 Å². The molecule has 25 heavy (non-hydrogen) atoms. The van der Waals surface area contributed by atoms with E-state index in [2.05, 4.69) is 0 Å². The Morgan fingerprint density at radius 3 is 2.72 bits per heavy atom. The van der Waals surface area contributed by atoms with Gasteiger partial charge in [0.15, 0.2) is 18.1 Å². The van der Waals surface area contributed by atoms with Crippen LogP contribution in [0.3, 0.4) is 0 Å². The van der Waals surface area contributed by atoms with E-state index in [1.165, 1.54) is 12.0 Å². The molecule has 1 aromatic rings. The van der Waals surface area contributed by atoms with Gasteiger partial charge in [0.2, 0.25) is 0 Å². The summed E-state index contributed by atoms with van der Waals surface area (Å²) in [5.41, 5.74) is 0.653. The summed E-state index contributed by atoms with van der Waals surface area (Å²) in [5.74, 6) is -0.751. The molecule has 0 aliphatic carbocycles. The van der Waals surface area contributed by atoms with Crippen LogP contribution in [0.2, 0.25) is 0 Å². The Morgan fingerprint density at radius 1 is 1.32 bits per heavy atom. The van der Waals surface area contributed by atoms with Crippen LogP contribution >= 0.6 is 11.8 Å². The largest absolute Gasteiger partial charge is 0.493 e. The highest BCUT2D eigenvalue weighted by molar-refractivity contribution is 8.18. The molecule has 0 bridgehead atoms. The highest BCUT2D eigenvalue weighted by Gasteiger charge is 2.34. The van der Waals surface area contributed by atoms with Gasteiger partial charge in [-0.2, -0.15) is 0 Å². The van der Waals surface area contributed by atoms with Gasteiger partial charge < -0.3 is 14.6 Å². The normalized spacial score (nSPS) is 15.8. The molecule has 1 N–H and O–H groups in total. The number of hydrogen-bond donors (Lipinski definition) is 1. The zero-order valence-electron chi connectivity index (χ0n) is 14.0. The number of aliphatic carboxylic acids is 1. The Balaban J connectivity index is 2.19. The van der Waals surface area contributed by atoms with E-state index in [4.69, 9.17) is 14.6 Å². The number of methoxy groups -OCH3 is 1. The molecule has 2 rings (SSSR count). The van der Waals surface area contributed by atoms with Crippen molar-refractivity contribution in [2.45, 2.75) is 19.8 Å². The highest BCUT2D eigenvalue weighted by Crippen LogP contribution is 2.34. The first-order valence-corrected chi connectivity index (χ1v) is 8.56. The molecule has 134 valence electrons. The summed E-state index contributed by atoms with van der Waals surface area (Å²) in [5, 5.41) is 8.41. The average Bonchev–Trinajstić information content (AvgIpc) is 2.85. The van der Waals surface area contributed by atoms with Crippen molar-refractivity contribution in [1.29, 1.82) is 0 Å². The Morgan fingerprint density at radius 2 is 2.08 bits per heavy atom. The first-order chi connectivity index (χ1) is 12.0. The molecule has 0 saturated carbocycles. The minimum absolute atomic E-state index is 0.266. The van der Waals surface area contributed by atoms with E-state index >= 15 is 0 Å². The van der Waals surface area contributed by atoms with E-state index in [0.717, 1.165) is 24.6 Å². The third-order valence-electron chi connectivity index (χ3n) is 3.45. The summed E-state index contributed by atoms with van der Waals surface area (Å²) in [4.78, 5) is 36.5. The Kier molecular flexibility index (Phi) is 6.46. The molecule has 7 nitrogen and oxygen atoms in total. The SMILES string of the molecule is CCCCN1C(=O)SC(=Cc2ccc(OCC(=O)O)c(OC)c2)C1=O. The van der Waals surface area contributed by atoms with Crippen molar-refractivity contribution in [3.8, 4) is 11.5 Å². The maximum Gasteiger partial charge on any atom is 0.341 e. The topological polar surface area (TPSA) is 93.1 Å².